The molecule has 0 saturated carbocycles. The van der Waals surface area contributed by atoms with Crippen molar-refractivity contribution >= 4 is 11.4 Å². The molecule has 0 aliphatic carbocycles. The Labute approximate surface area is 144 Å². The highest BCUT2D eigenvalue weighted by atomic mass is 32.2. The van der Waals surface area contributed by atoms with Crippen molar-refractivity contribution in [2.75, 3.05) is 6.54 Å². The lowest BCUT2D eigenvalue weighted by molar-refractivity contribution is 0.385. The molecule has 24 heavy (non-hydrogen) atoms. The van der Waals surface area contributed by atoms with Gasteiger partial charge >= 0.3 is 0 Å². The molecular weight excluding hydrogens is 318 g/mol. The highest BCUT2D eigenvalue weighted by molar-refractivity contribution is 7.89. The number of hydrogen-bond donors (Lipinski definition) is 1. The topological polar surface area (TPSA) is 55.0 Å². The van der Waals surface area contributed by atoms with Gasteiger partial charge < -0.3 is 9.54 Å². The molecule has 1 aliphatic heterocycles. The SMILES string of the molecule is [O-][S+](c1ccc(-c2ccccc2)cc1)N1CCC[C@H]1c1ncc[nH]1. The van der Waals surface area contributed by atoms with Crippen LogP contribution in [0.1, 0.15) is 24.7 Å². The number of hydrogen-bond acceptors (Lipinski definition) is 3. The summed E-state index contributed by atoms with van der Waals surface area (Å²) in [5.41, 5.74) is 2.31. The van der Waals surface area contributed by atoms with Crippen LogP contribution >= 0.6 is 0 Å². The van der Waals surface area contributed by atoms with Gasteiger partial charge in [0.1, 0.15) is 11.9 Å². The van der Waals surface area contributed by atoms with E-state index in [2.05, 4.69) is 22.1 Å². The fourth-order valence-corrected chi connectivity index (χ4v) is 4.57. The molecule has 3 aromatic rings. The molecule has 1 fully saturated rings. The Morgan fingerprint density at radius 2 is 1.79 bits per heavy atom. The highest BCUT2D eigenvalue weighted by Crippen LogP contribution is 2.35. The van der Waals surface area contributed by atoms with E-state index in [1.54, 1.807) is 6.20 Å². The van der Waals surface area contributed by atoms with Gasteiger partial charge in [-0.05, 0) is 48.2 Å². The second kappa shape index (κ2) is 6.81. The molecule has 1 N–H and O–H groups in total. The van der Waals surface area contributed by atoms with E-state index in [1.165, 1.54) is 5.56 Å². The van der Waals surface area contributed by atoms with Crippen LogP contribution in [0, 0.1) is 0 Å². The molecule has 0 radical (unpaired) electrons. The van der Waals surface area contributed by atoms with Gasteiger partial charge in [-0.3, -0.25) is 0 Å². The Balaban J connectivity index is 1.55. The van der Waals surface area contributed by atoms with Crippen molar-refractivity contribution in [1.82, 2.24) is 14.3 Å². The van der Waals surface area contributed by atoms with E-state index in [-0.39, 0.29) is 6.04 Å². The fraction of sp³-hybridized carbons (Fsp3) is 0.211. The zero-order valence-corrected chi connectivity index (χ0v) is 14.1. The van der Waals surface area contributed by atoms with E-state index in [4.69, 9.17) is 0 Å². The maximum Gasteiger partial charge on any atom is 0.174 e. The molecule has 1 unspecified atom stereocenters. The van der Waals surface area contributed by atoms with E-state index in [0.717, 1.165) is 35.7 Å². The van der Waals surface area contributed by atoms with Gasteiger partial charge in [-0.1, -0.05) is 30.3 Å². The van der Waals surface area contributed by atoms with Gasteiger partial charge in [-0.2, -0.15) is 0 Å². The third-order valence-corrected chi connectivity index (χ3v) is 5.95. The standard InChI is InChI=1S/C19H19N3OS/c23-24(22-14-4-7-18(22)19-20-12-13-21-19)17-10-8-16(9-11-17)15-5-2-1-3-6-15/h1-3,5-6,8-13,18H,4,7,14H2,(H,20,21)/t18-,24?/m0/s1. The number of benzene rings is 2. The molecule has 2 atom stereocenters. The number of aromatic nitrogens is 2. The van der Waals surface area contributed by atoms with Crippen molar-refractivity contribution in [3.05, 3.63) is 72.8 Å². The molecule has 0 spiro atoms. The number of rotatable bonds is 4. The van der Waals surface area contributed by atoms with E-state index in [9.17, 15) is 4.55 Å². The van der Waals surface area contributed by atoms with Crippen LogP contribution in [-0.2, 0) is 11.4 Å². The molecule has 0 amide bonds. The molecule has 2 aromatic carbocycles. The number of imidazole rings is 1. The zero-order chi connectivity index (χ0) is 16.4. The van der Waals surface area contributed by atoms with Crippen LogP contribution in [0.4, 0.5) is 0 Å². The molecule has 1 aromatic heterocycles. The van der Waals surface area contributed by atoms with Crippen LogP contribution < -0.4 is 0 Å². The smallest absolute Gasteiger partial charge is 0.174 e. The summed E-state index contributed by atoms with van der Waals surface area (Å²) in [6, 6.07) is 18.4. The summed E-state index contributed by atoms with van der Waals surface area (Å²) in [6.07, 6.45) is 5.60. The average Bonchev–Trinajstić information content (AvgIpc) is 3.33. The lowest BCUT2D eigenvalue weighted by Gasteiger charge is -2.24. The van der Waals surface area contributed by atoms with Crippen LogP contribution in [0.2, 0.25) is 0 Å². The number of aromatic amines is 1. The highest BCUT2D eigenvalue weighted by Gasteiger charge is 2.37. The summed E-state index contributed by atoms with van der Waals surface area (Å²) in [6.45, 7) is 0.832. The first-order valence-corrected chi connectivity index (χ1v) is 9.27. The third kappa shape index (κ3) is 2.98. The van der Waals surface area contributed by atoms with Crippen LogP contribution in [0.25, 0.3) is 11.1 Å². The molecule has 4 nitrogen and oxygen atoms in total. The molecular formula is C19H19N3OS. The lowest BCUT2D eigenvalue weighted by atomic mass is 10.1. The molecule has 4 rings (SSSR count). The predicted molar refractivity (Wildman–Crippen MR) is 95.6 cm³/mol. The van der Waals surface area contributed by atoms with Crippen molar-refractivity contribution in [3.63, 3.8) is 0 Å². The Bertz CT molecular complexity index is 774. The second-order valence-corrected chi connectivity index (χ2v) is 7.35. The van der Waals surface area contributed by atoms with Gasteiger partial charge in [0.15, 0.2) is 4.90 Å². The van der Waals surface area contributed by atoms with Crippen molar-refractivity contribution in [2.24, 2.45) is 0 Å². The van der Waals surface area contributed by atoms with Crippen LogP contribution in [-0.4, -0.2) is 25.4 Å². The van der Waals surface area contributed by atoms with Gasteiger partial charge in [0.25, 0.3) is 0 Å². The van der Waals surface area contributed by atoms with E-state index >= 15 is 0 Å². The minimum absolute atomic E-state index is 0.106. The molecule has 2 heterocycles. The van der Waals surface area contributed by atoms with E-state index in [0.29, 0.717) is 0 Å². The monoisotopic (exact) mass is 337 g/mol. The predicted octanol–water partition coefficient (Wildman–Crippen LogP) is 3.94. The summed E-state index contributed by atoms with van der Waals surface area (Å²) >= 11 is -1.16. The third-order valence-electron chi connectivity index (χ3n) is 4.41. The van der Waals surface area contributed by atoms with Gasteiger partial charge in [0.05, 0.1) is 11.4 Å². The Morgan fingerprint density at radius 3 is 2.50 bits per heavy atom. The van der Waals surface area contributed by atoms with Crippen molar-refractivity contribution in [3.8, 4) is 11.1 Å². The maximum absolute atomic E-state index is 13.0. The van der Waals surface area contributed by atoms with Gasteiger partial charge in [0.2, 0.25) is 0 Å². The first kappa shape index (κ1) is 15.4. The first-order valence-electron chi connectivity index (χ1n) is 8.16. The first-order chi connectivity index (χ1) is 11.8. The average molecular weight is 337 g/mol. The normalized spacial score (nSPS) is 19.5. The van der Waals surface area contributed by atoms with Gasteiger partial charge in [-0.25, -0.2) is 4.98 Å². The summed E-state index contributed by atoms with van der Waals surface area (Å²) < 4.78 is 15.0. The largest absolute Gasteiger partial charge is 0.593 e. The van der Waals surface area contributed by atoms with Crippen LogP contribution in [0.5, 0.6) is 0 Å². The van der Waals surface area contributed by atoms with Crippen LogP contribution in [0.15, 0.2) is 71.9 Å². The van der Waals surface area contributed by atoms with E-state index < -0.39 is 11.4 Å². The Kier molecular flexibility index (Phi) is 4.38. The van der Waals surface area contributed by atoms with Crippen molar-refractivity contribution in [2.45, 2.75) is 23.8 Å². The number of nitrogens with zero attached hydrogens (tertiary/aromatic N) is 2. The molecule has 122 valence electrons. The van der Waals surface area contributed by atoms with Gasteiger partial charge in [0, 0.05) is 18.9 Å². The summed E-state index contributed by atoms with van der Waals surface area (Å²) in [4.78, 5) is 8.35. The van der Waals surface area contributed by atoms with Crippen molar-refractivity contribution in [1.29, 1.82) is 0 Å². The lowest BCUT2D eigenvalue weighted by Crippen LogP contribution is -2.31. The summed E-state index contributed by atoms with van der Waals surface area (Å²) in [5, 5.41) is 0. The second-order valence-electron chi connectivity index (χ2n) is 5.91. The quantitative estimate of drug-likeness (QED) is 0.734. The van der Waals surface area contributed by atoms with E-state index in [1.807, 2.05) is 53.0 Å². The Hall–Kier alpha value is -2.08. The summed E-state index contributed by atoms with van der Waals surface area (Å²) in [7, 11) is 0. The summed E-state index contributed by atoms with van der Waals surface area (Å²) in [5.74, 6) is 0.904. The minimum atomic E-state index is -1.16. The van der Waals surface area contributed by atoms with Crippen molar-refractivity contribution < 1.29 is 4.55 Å². The minimum Gasteiger partial charge on any atom is -0.593 e. The number of nitrogens with one attached hydrogen (secondary N) is 1. The number of H-pyrrole nitrogens is 1. The molecule has 1 saturated heterocycles. The maximum atomic E-state index is 13.0. The Morgan fingerprint density at radius 1 is 1.04 bits per heavy atom. The molecule has 0 bridgehead atoms. The fourth-order valence-electron chi connectivity index (χ4n) is 3.20. The van der Waals surface area contributed by atoms with Gasteiger partial charge in [-0.15, -0.1) is 4.31 Å². The zero-order valence-electron chi connectivity index (χ0n) is 13.3. The molecule has 5 heteroatoms. The molecule has 1 aliphatic rings. The van der Waals surface area contributed by atoms with Crippen LogP contribution in [0.3, 0.4) is 0 Å².